The van der Waals surface area contributed by atoms with E-state index in [1.165, 1.54) is 17.2 Å². The summed E-state index contributed by atoms with van der Waals surface area (Å²) in [5, 5.41) is 3.36. The molecule has 0 unspecified atom stereocenters. The third kappa shape index (κ3) is 4.18. The monoisotopic (exact) mass is 339 g/mol. The van der Waals surface area contributed by atoms with E-state index in [1.54, 1.807) is 23.1 Å². The summed E-state index contributed by atoms with van der Waals surface area (Å²) in [5.74, 6) is 0.652. The van der Waals surface area contributed by atoms with Gasteiger partial charge in [0.2, 0.25) is 0 Å². The van der Waals surface area contributed by atoms with Crippen molar-refractivity contribution in [1.82, 2.24) is 0 Å². The molecule has 2 aromatic rings. The van der Waals surface area contributed by atoms with Crippen LogP contribution in [0.15, 0.2) is 29.6 Å². The van der Waals surface area contributed by atoms with E-state index in [-0.39, 0.29) is 5.97 Å². The van der Waals surface area contributed by atoms with Gasteiger partial charge in [0.15, 0.2) is 0 Å². The number of thioether (sulfide) groups is 1. The second kappa shape index (κ2) is 7.77. The molecule has 0 saturated heterocycles. The average Bonchev–Trinajstić information content (AvgIpc) is 2.94. The van der Waals surface area contributed by atoms with Gasteiger partial charge in [-0.3, -0.25) is 4.79 Å². The summed E-state index contributed by atoms with van der Waals surface area (Å²) in [6.45, 7) is 0. The molecule has 0 saturated carbocycles. The van der Waals surface area contributed by atoms with E-state index in [2.05, 4.69) is 22.2 Å². The first-order valence-electron chi connectivity index (χ1n) is 6.57. The molecule has 0 aliphatic carbocycles. The molecule has 1 heterocycles. The smallest absolute Gasteiger partial charge is 0.305 e. The van der Waals surface area contributed by atoms with Crippen LogP contribution in [-0.2, 0) is 9.53 Å². The quantitative estimate of drug-likeness (QED) is 0.460. The normalized spacial score (nSPS) is 10.6. The van der Waals surface area contributed by atoms with Crippen molar-refractivity contribution in [2.24, 2.45) is 0 Å². The fourth-order valence-electron chi connectivity index (χ4n) is 1.90. The van der Waals surface area contributed by atoms with E-state index < -0.39 is 0 Å². The number of thiophene rings is 1. The summed E-state index contributed by atoms with van der Waals surface area (Å²) in [6.07, 6.45) is 1.22. The minimum absolute atomic E-state index is 0.168. The zero-order chi connectivity index (χ0) is 15.2. The van der Waals surface area contributed by atoms with E-state index in [1.807, 2.05) is 24.1 Å². The summed E-state index contributed by atoms with van der Waals surface area (Å²) >= 11 is 8.79. The van der Waals surface area contributed by atoms with Crippen LogP contribution in [-0.4, -0.2) is 30.2 Å². The summed E-state index contributed by atoms with van der Waals surface area (Å²) < 4.78 is 6.71. The third-order valence-corrected chi connectivity index (χ3v) is 5.67. The van der Waals surface area contributed by atoms with Gasteiger partial charge in [0.05, 0.1) is 12.8 Å². The van der Waals surface area contributed by atoms with Crippen molar-refractivity contribution >= 4 is 61.4 Å². The first-order valence-corrected chi connectivity index (χ1v) is 8.84. The predicted molar refractivity (Wildman–Crippen MR) is 96.5 cm³/mol. The molecule has 3 nitrogen and oxygen atoms in total. The Kier molecular flexibility index (Phi) is 6.02. The van der Waals surface area contributed by atoms with Gasteiger partial charge in [-0.05, 0) is 12.5 Å². The Morgan fingerprint density at radius 1 is 1.43 bits per heavy atom. The molecule has 6 heteroatoms. The van der Waals surface area contributed by atoms with Crippen molar-refractivity contribution in [3.8, 4) is 0 Å². The topological polar surface area (TPSA) is 29.5 Å². The van der Waals surface area contributed by atoms with Crippen molar-refractivity contribution in [2.75, 3.05) is 24.8 Å². The number of ether oxygens (including phenoxy) is 1. The van der Waals surface area contributed by atoms with Gasteiger partial charge in [0.1, 0.15) is 4.32 Å². The summed E-state index contributed by atoms with van der Waals surface area (Å²) in [5.41, 5.74) is 1.14. The van der Waals surface area contributed by atoms with Gasteiger partial charge in [-0.15, -0.1) is 11.3 Å². The second-order valence-corrected chi connectivity index (χ2v) is 7.11. The minimum atomic E-state index is -0.168. The highest BCUT2D eigenvalue weighted by Crippen LogP contribution is 2.33. The van der Waals surface area contributed by atoms with Gasteiger partial charge < -0.3 is 9.64 Å². The molecule has 112 valence electrons. The highest BCUT2D eigenvalue weighted by molar-refractivity contribution is 8.23. The van der Waals surface area contributed by atoms with Crippen molar-refractivity contribution in [3.05, 3.63) is 29.6 Å². The molecule has 0 radical (unpaired) electrons. The maximum absolute atomic E-state index is 11.1. The highest BCUT2D eigenvalue weighted by Gasteiger charge is 2.12. The van der Waals surface area contributed by atoms with E-state index in [4.69, 9.17) is 12.2 Å². The Morgan fingerprint density at radius 3 is 2.95 bits per heavy atom. The number of methoxy groups -OCH3 is 1. The van der Waals surface area contributed by atoms with Gasteiger partial charge in [-0.2, -0.15) is 0 Å². The number of fused-ring (bicyclic) bond motifs is 1. The van der Waals surface area contributed by atoms with Gasteiger partial charge in [-0.1, -0.05) is 42.2 Å². The molecule has 0 amide bonds. The van der Waals surface area contributed by atoms with Crippen LogP contribution in [0.1, 0.15) is 12.8 Å². The SMILES string of the molecule is COC(=O)CCCSC(=S)N(C)c1csc2ccccc12. The number of carbonyl (C=O) groups excluding carboxylic acids is 1. The van der Waals surface area contributed by atoms with Crippen LogP contribution < -0.4 is 4.90 Å². The van der Waals surface area contributed by atoms with Gasteiger partial charge >= 0.3 is 5.97 Å². The van der Waals surface area contributed by atoms with Gasteiger partial charge in [0, 0.05) is 34.7 Å². The zero-order valence-electron chi connectivity index (χ0n) is 12.0. The molecule has 0 atom stereocenters. The number of hydrogen-bond donors (Lipinski definition) is 0. The van der Waals surface area contributed by atoms with E-state index in [0.29, 0.717) is 6.42 Å². The Labute approximate surface area is 138 Å². The number of anilines is 1. The lowest BCUT2D eigenvalue weighted by Gasteiger charge is -2.18. The highest BCUT2D eigenvalue weighted by atomic mass is 32.2. The summed E-state index contributed by atoms with van der Waals surface area (Å²) in [6, 6.07) is 8.31. The Balaban J connectivity index is 1.92. The van der Waals surface area contributed by atoms with Gasteiger partial charge in [0.25, 0.3) is 0 Å². The summed E-state index contributed by atoms with van der Waals surface area (Å²) in [4.78, 5) is 13.1. The first-order chi connectivity index (χ1) is 10.1. The molecule has 0 bridgehead atoms. The Morgan fingerprint density at radius 2 is 2.19 bits per heavy atom. The minimum Gasteiger partial charge on any atom is -0.469 e. The number of carbonyl (C=O) groups is 1. The first kappa shape index (κ1) is 16.3. The maximum atomic E-state index is 11.1. The number of nitrogens with zero attached hydrogens (tertiary/aromatic N) is 1. The third-order valence-electron chi connectivity index (χ3n) is 3.07. The molecule has 0 fully saturated rings. The molecule has 0 spiro atoms. The number of thiocarbonyl (C=S) groups is 1. The van der Waals surface area contributed by atoms with Crippen LogP contribution in [0.3, 0.4) is 0 Å². The maximum Gasteiger partial charge on any atom is 0.305 e. The van der Waals surface area contributed by atoms with E-state index in [0.717, 1.165) is 22.2 Å². The fourth-order valence-corrected chi connectivity index (χ4v) is 3.98. The number of esters is 1. The molecule has 21 heavy (non-hydrogen) atoms. The van der Waals surface area contributed by atoms with Crippen LogP contribution in [0.5, 0.6) is 0 Å². The Hall–Kier alpha value is -1.11. The number of hydrogen-bond acceptors (Lipinski definition) is 5. The van der Waals surface area contributed by atoms with Crippen LogP contribution in [0, 0.1) is 0 Å². The van der Waals surface area contributed by atoms with Crippen LogP contribution >= 0.6 is 35.3 Å². The van der Waals surface area contributed by atoms with Crippen molar-refractivity contribution in [2.45, 2.75) is 12.8 Å². The fraction of sp³-hybridized carbons (Fsp3) is 0.333. The molecule has 2 rings (SSSR count). The standard InChI is InChI=1S/C15H17NO2S3/c1-16(15(19)20-9-5-8-14(17)18-2)12-10-21-13-7-4-3-6-11(12)13/h3-4,6-7,10H,5,8-9H2,1-2H3. The summed E-state index contributed by atoms with van der Waals surface area (Å²) in [7, 11) is 3.40. The lowest BCUT2D eigenvalue weighted by atomic mass is 10.2. The number of benzene rings is 1. The Bertz CT molecular complexity index is 639. The zero-order valence-corrected chi connectivity index (χ0v) is 14.4. The number of rotatable bonds is 5. The lowest BCUT2D eigenvalue weighted by Crippen LogP contribution is -2.21. The van der Waals surface area contributed by atoms with Crippen molar-refractivity contribution in [1.29, 1.82) is 0 Å². The largest absolute Gasteiger partial charge is 0.469 e. The van der Waals surface area contributed by atoms with Crippen LogP contribution in [0.4, 0.5) is 5.69 Å². The lowest BCUT2D eigenvalue weighted by molar-refractivity contribution is -0.140. The molecule has 0 aliphatic rings. The van der Waals surface area contributed by atoms with Crippen molar-refractivity contribution in [3.63, 3.8) is 0 Å². The molecular weight excluding hydrogens is 322 g/mol. The van der Waals surface area contributed by atoms with Crippen molar-refractivity contribution < 1.29 is 9.53 Å². The predicted octanol–water partition coefficient (Wildman–Crippen LogP) is 4.31. The molecular formula is C15H17NO2S3. The van der Waals surface area contributed by atoms with Gasteiger partial charge in [-0.25, -0.2) is 0 Å². The molecule has 1 aromatic heterocycles. The second-order valence-electron chi connectivity index (χ2n) is 4.47. The van der Waals surface area contributed by atoms with Crippen LogP contribution in [0.25, 0.3) is 10.1 Å². The van der Waals surface area contributed by atoms with E-state index in [9.17, 15) is 4.79 Å². The molecule has 0 aliphatic heterocycles. The molecule has 1 aromatic carbocycles. The van der Waals surface area contributed by atoms with Crippen LogP contribution in [0.2, 0.25) is 0 Å². The van der Waals surface area contributed by atoms with E-state index >= 15 is 0 Å². The average molecular weight is 340 g/mol. The molecule has 0 N–H and O–H groups in total.